The largest absolute Gasteiger partial charge is 0.507 e. The lowest BCUT2D eigenvalue weighted by molar-refractivity contribution is -0.138. The molecular weight excluding hydrogens is 563 g/mol. The number of primary amides is 1. The number of amides is 1. The average molecular weight is 590 g/mol. The van der Waals surface area contributed by atoms with Gasteiger partial charge in [-0.15, -0.1) is 0 Å². The summed E-state index contributed by atoms with van der Waals surface area (Å²) in [5.74, 6) is -5.42. The molecule has 0 radical (unpaired) electrons. The molecule has 0 heterocycles. The maximum atomic E-state index is 13.8. The van der Waals surface area contributed by atoms with Crippen LogP contribution in [-0.4, -0.2) is 27.7 Å². The standard InChI is InChI=1S/C33H26F3NO6/c34-33(35,36)20-8-6-17(7-9-20)21-10-11-23(38)27-22(21)13-18-12-19-14-24(43-15-16-4-2-1-3-5-16)28(32(37)42)31(41)26(19)29(39)25(18)30(27)40/h1-11,18-19,26,38,40H,12-15H2,(H2,37,42). The number of rotatable bonds is 5. The highest BCUT2D eigenvalue weighted by Crippen LogP contribution is 2.51. The summed E-state index contributed by atoms with van der Waals surface area (Å²) in [6.45, 7) is 0.0874. The van der Waals surface area contributed by atoms with Gasteiger partial charge in [-0.1, -0.05) is 48.5 Å². The van der Waals surface area contributed by atoms with Crippen molar-refractivity contribution in [2.24, 2.45) is 23.5 Å². The van der Waals surface area contributed by atoms with Crippen LogP contribution < -0.4 is 5.73 Å². The number of Topliss-reactive ketones (excluding diaryl/α,β-unsaturated/α-hetero) is 2. The van der Waals surface area contributed by atoms with E-state index in [1.165, 1.54) is 18.2 Å². The number of carbonyl (C=O) groups excluding carboxylic acids is 3. The zero-order valence-electron chi connectivity index (χ0n) is 22.6. The number of hydrogen-bond acceptors (Lipinski definition) is 6. The molecule has 220 valence electrons. The zero-order chi connectivity index (χ0) is 30.6. The molecule has 3 aliphatic carbocycles. The van der Waals surface area contributed by atoms with E-state index in [4.69, 9.17) is 10.5 Å². The van der Waals surface area contributed by atoms with Gasteiger partial charge in [0.15, 0.2) is 11.6 Å². The zero-order valence-corrected chi connectivity index (χ0v) is 22.6. The van der Waals surface area contributed by atoms with Crippen molar-refractivity contribution in [3.63, 3.8) is 0 Å². The molecule has 0 aromatic heterocycles. The van der Waals surface area contributed by atoms with E-state index in [9.17, 15) is 37.8 Å². The van der Waals surface area contributed by atoms with Gasteiger partial charge in [0.05, 0.1) is 17.0 Å². The SMILES string of the molecule is NC(=O)C1=C(OCc2ccccc2)CC2CC3Cc4c(-c5ccc(C(F)(F)F)cc5)ccc(O)c4C(O)=C3C(=O)C2C1=O. The van der Waals surface area contributed by atoms with E-state index in [0.29, 0.717) is 16.7 Å². The van der Waals surface area contributed by atoms with E-state index in [1.807, 2.05) is 30.3 Å². The molecule has 3 atom stereocenters. The van der Waals surface area contributed by atoms with Crippen LogP contribution in [0.4, 0.5) is 13.2 Å². The Morgan fingerprint density at radius 1 is 0.930 bits per heavy atom. The molecule has 0 saturated heterocycles. The lowest BCUT2D eigenvalue weighted by atomic mass is 9.61. The highest BCUT2D eigenvalue weighted by molar-refractivity contribution is 6.28. The molecule has 7 nitrogen and oxygen atoms in total. The van der Waals surface area contributed by atoms with Crippen LogP contribution in [0.15, 0.2) is 83.6 Å². The molecule has 1 fully saturated rings. The summed E-state index contributed by atoms with van der Waals surface area (Å²) in [5.41, 5.74) is 6.60. The first-order valence-corrected chi connectivity index (χ1v) is 13.7. The van der Waals surface area contributed by atoms with Crippen molar-refractivity contribution in [1.29, 1.82) is 0 Å². The van der Waals surface area contributed by atoms with E-state index in [2.05, 4.69) is 0 Å². The fraction of sp³-hybridized carbons (Fsp3) is 0.242. The second-order valence-electron chi connectivity index (χ2n) is 11.1. The molecule has 3 unspecified atom stereocenters. The number of hydrogen-bond donors (Lipinski definition) is 3. The number of fused-ring (bicyclic) bond motifs is 3. The van der Waals surface area contributed by atoms with Gasteiger partial charge < -0.3 is 20.7 Å². The fourth-order valence-corrected chi connectivity index (χ4v) is 6.60. The number of benzene rings is 3. The number of phenolic OH excluding ortho intramolecular Hbond substituents is 1. The second-order valence-corrected chi connectivity index (χ2v) is 11.1. The third kappa shape index (κ3) is 4.86. The maximum Gasteiger partial charge on any atom is 0.416 e. The third-order valence-corrected chi connectivity index (χ3v) is 8.53. The van der Waals surface area contributed by atoms with E-state index >= 15 is 0 Å². The fourth-order valence-electron chi connectivity index (χ4n) is 6.60. The molecular formula is C33H26F3NO6. The molecule has 1 amide bonds. The molecule has 3 aliphatic rings. The second kappa shape index (κ2) is 10.4. The quantitative estimate of drug-likeness (QED) is 0.261. The molecule has 3 aromatic carbocycles. The smallest absolute Gasteiger partial charge is 0.416 e. The highest BCUT2D eigenvalue weighted by Gasteiger charge is 2.52. The Hall–Kier alpha value is -4.86. The van der Waals surface area contributed by atoms with Gasteiger partial charge in [-0.25, -0.2) is 0 Å². The molecule has 0 aliphatic heterocycles. The Morgan fingerprint density at radius 2 is 1.63 bits per heavy atom. The molecule has 1 saturated carbocycles. The number of aliphatic hydroxyl groups is 1. The number of aromatic hydroxyl groups is 1. The Labute approximate surface area is 244 Å². The van der Waals surface area contributed by atoms with Crippen molar-refractivity contribution in [3.05, 3.63) is 106 Å². The van der Waals surface area contributed by atoms with E-state index in [-0.39, 0.29) is 54.1 Å². The van der Waals surface area contributed by atoms with E-state index < -0.39 is 52.7 Å². The van der Waals surface area contributed by atoms with Crippen molar-refractivity contribution >= 4 is 23.2 Å². The normalized spacial score (nSPS) is 21.7. The van der Waals surface area contributed by atoms with Crippen LogP contribution in [0.3, 0.4) is 0 Å². The Bertz CT molecular complexity index is 1720. The van der Waals surface area contributed by atoms with Gasteiger partial charge in [0.25, 0.3) is 5.91 Å². The van der Waals surface area contributed by atoms with Crippen molar-refractivity contribution in [3.8, 4) is 16.9 Å². The van der Waals surface area contributed by atoms with Crippen molar-refractivity contribution < 1.29 is 42.5 Å². The molecule has 0 bridgehead atoms. The number of ketones is 2. The summed E-state index contributed by atoms with van der Waals surface area (Å²) >= 11 is 0. The minimum Gasteiger partial charge on any atom is -0.507 e. The number of nitrogens with two attached hydrogens (primary N) is 1. The van der Waals surface area contributed by atoms with Gasteiger partial charge in [-0.3, -0.25) is 14.4 Å². The van der Waals surface area contributed by atoms with Crippen LogP contribution in [0.5, 0.6) is 5.75 Å². The van der Waals surface area contributed by atoms with Gasteiger partial charge in [0.1, 0.15) is 29.4 Å². The van der Waals surface area contributed by atoms with E-state index in [0.717, 1.165) is 17.7 Å². The van der Waals surface area contributed by atoms with Crippen LogP contribution in [0.1, 0.15) is 35.1 Å². The minimum absolute atomic E-state index is 0.00347. The van der Waals surface area contributed by atoms with Gasteiger partial charge in [-0.2, -0.15) is 13.2 Å². The first kappa shape index (κ1) is 28.3. The number of carbonyl (C=O) groups is 3. The van der Waals surface area contributed by atoms with Gasteiger partial charge in [-0.05, 0) is 65.1 Å². The van der Waals surface area contributed by atoms with Crippen LogP contribution in [-0.2, 0) is 38.3 Å². The van der Waals surface area contributed by atoms with Crippen LogP contribution in [0, 0.1) is 17.8 Å². The summed E-state index contributed by atoms with van der Waals surface area (Å²) in [7, 11) is 0. The summed E-state index contributed by atoms with van der Waals surface area (Å²) in [6, 6.07) is 16.5. The number of allylic oxidation sites excluding steroid dienone is 2. The number of phenols is 1. The summed E-state index contributed by atoms with van der Waals surface area (Å²) in [4.78, 5) is 39.8. The van der Waals surface area contributed by atoms with Crippen LogP contribution in [0.2, 0.25) is 0 Å². The van der Waals surface area contributed by atoms with Crippen molar-refractivity contribution in [1.82, 2.24) is 0 Å². The summed E-state index contributed by atoms with van der Waals surface area (Å²) in [5, 5.41) is 22.1. The molecule has 0 spiro atoms. The van der Waals surface area contributed by atoms with Gasteiger partial charge in [0, 0.05) is 12.0 Å². The summed E-state index contributed by atoms with van der Waals surface area (Å²) in [6.07, 6.45) is -3.93. The molecule has 43 heavy (non-hydrogen) atoms. The lowest BCUT2D eigenvalue weighted by Crippen LogP contribution is -2.47. The first-order valence-electron chi connectivity index (χ1n) is 13.7. The van der Waals surface area contributed by atoms with Crippen molar-refractivity contribution in [2.75, 3.05) is 0 Å². The number of aliphatic hydroxyl groups excluding tert-OH is 1. The molecule has 4 N–H and O–H groups in total. The topological polar surface area (TPSA) is 127 Å². The molecule has 3 aromatic rings. The van der Waals surface area contributed by atoms with Gasteiger partial charge >= 0.3 is 6.18 Å². The van der Waals surface area contributed by atoms with Crippen LogP contribution >= 0.6 is 0 Å². The van der Waals surface area contributed by atoms with Crippen LogP contribution in [0.25, 0.3) is 16.9 Å². The predicted octanol–water partition coefficient (Wildman–Crippen LogP) is 5.65. The Balaban J connectivity index is 1.37. The predicted molar refractivity (Wildman–Crippen MR) is 149 cm³/mol. The number of halogens is 3. The Kier molecular flexibility index (Phi) is 6.87. The molecule has 6 rings (SSSR count). The molecule has 10 heteroatoms. The average Bonchev–Trinajstić information content (AvgIpc) is 2.96. The minimum atomic E-state index is -4.51. The van der Waals surface area contributed by atoms with Crippen molar-refractivity contribution in [2.45, 2.75) is 32.0 Å². The van der Waals surface area contributed by atoms with Gasteiger partial charge in [0.2, 0.25) is 0 Å². The summed E-state index contributed by atoms with van der Waals surface area (Å²) < 4.78 is 45.4. The lowest BCUT2D eigenvalue weighted by Gasteiger charge is -2.41. The maximum absolute atomic E-state index is 13.8. The number of ether oxygens (including phenoxy) is 1. The van der Waals surface area contributed by atoms with E-state index in [1.54, 1.807) is 6.07 Å². The number of alkyl halides is 3. The Morgan fingerprint density at radius 3 is 2.28 bits per heavy atom. The highest BCUT2D eigenvalue weighted by atomic mass is 19.4. The monoisotopic (exact) mass is 589 g/mol. The third-order valence-electron chi connectivity index (χ3n) is 8.53. The first-order chi connectivity index (χ1) is 20.5.